The van der Waals surface area contributed by atoms with E-state index in [1.54, 1.807) is 14.0 Å². The lowest BCUT2D eigenvalue weighted by molar-refractivity contribution is -0.385. The third-order valence-corrected chi connectivity index (χ3v) is 5.83. The number of nitro groups is 1. The number of sulfonamides is 1. The van der Waals surface area contributed by atoms with Crippen LogP contribution in [0.4, 0.5) is 5.69 Å². The van der Waals surface area contributed by atoms with Gasteiger partial charge in [-0.2, -0.15) is 4.31 Å². The number of non-ortho nitro benzene ring substituents is 1. The molecule has 1 aromatic carbocycles. The van der Waals surface area contributed by atoms with Crippen LogP contribution < -0.4 is 5.32 Å². The van der Waals surface area contributed by atoms with Crippen molar-refractivity contribution in [1.29, 1.82) is 0 Å². The molecule has 0 aromatic heterocycles. The summed E-state index contributed by atoms with van der Waals surface area (Å²) in [5, 5.41) is 13.9. The molecule has 1 unspecified atom stereocenters. The standard InChI is InChI=1S/C13H19N3O4S/c1-10-5-6-11(16(17)18)8-13(10)21(19,20)15-7-3-4-12(15)9-14-2/h5-6,8,12,14H,3-4,7,9H2,1-2H3. The minimum atomic E-state index is -3.71. The Kier molecular flexibility index (Phi) is 4.60. The second-order valence-corrected chi connectivity index (χ2v) is 7.04. The van der Waals surface area contributed by atoms with Crippen LogP contribution in [0.15, 0.2) is 23.1 Å². The van der Waals surface area contributed by atoms with Crippen molar-refractivity contribution in [2.45, 2.75) is 30.7 Å². The summed E-state index contributed by atoms with van der Waals surface area (Å²) in [7, 11) is -1.93. The third-order valence-electron chi connectivity index (χ3n) is 3.73. The Labute approximate surface area is 124 Å². The molecule has 1 aromatic rings. The Bertz CT molecular complexity index is 645. The molecular weight excluding hydrogens is 294 g/mol. The van der Waals surface area contributed by atoms with Gasteiger partial charge in [0.15, 0.2) is 0 Å². The lowest BCUT2D eigenvalue weighted by Gasteiger charge is -2.24. The van der Waals surface area contributed by atoms with Crippen LogP contribution in [0.1, 0.15) is 18.4 Å². The van der Waals surface area contributed by atoms with Gasteiger partial charge in [0.2, 0.25) is 10.0 Å². The molecule has 0 amide bonds. The van der Waals surface area contributed by atoms with E-state index in [0.717, 1.165) is 18.9 Å². The molecule has 7 nitrogen and oxygen atoms in total. The van der Waals surface area contributed by atoms with E-state index in [0.29, 0.717) is 18.7 Å². The maximum absolute atomic E-state index is 12.8. The largest absolute Gasteiger partial charge is 0.318 e. The van der Waals surface area contributed by atoms with Crippen LogP contribution >= 0.6 is 0 Å². The Morgan fingerprint density at radius 2 is 2.19 bits per heavy atom. The Hall–Kier alpha value is -1.51. The second kappa shape index (κ2) is 6.08. The molecule has 1 aliphatic heterocycles. The van der Waals surface area contributed by atoms with Gasteiger partial charge < -0.3 is 5.32 Å². The predicted molar refractivity (Wildman–Crippen MR) is 78.7 cm³/mol. The van der Waals surface area contributed by atoms with Crippen LogP contribution in [-0.2, 0) is 10.0 Å². The van der Waals surface area contributed by atoms with E-state index in [4.69, 9.17) is 0 Å². The van der Waals surface area contributed by atoms with Gasteiger partial charge in [0.1, 0.15) is 0 Å². The van der Waals surface area contributed by atoms with Gasteiger partial charge in [-0.3, -0.25) is 10.1 Å². The van der Waals surface area contributed by atoms with Crippen molar-refractivity contribution in [3.8, 4) is 0 Å². The fraction of sp³-hybridized carbons (Fsp3) is 0.538. The van der Waals surface area contributed by atoms with Gasteiger partial charge in [0.25, 0.3) is 5.69 Å². The van der Waals surface area contributed by atoms with Crippen LogP contribution in [0.25, 0.3) is 0 Å². The molecule has 0 aliphatic carbocycles. The molecule has 116 valence electrons. The van der Waals surface area contributed by atoms with Crippen LogP contribution in [0.5, 0.6) is 0 Å². The van der Waals surface area contributed by atoms with Gasteiger partial charge >= 0.3 is 0 Å². The number of nitro benzene ring substituents is 1. The normalized spacial score (nSPS) is 19.8. The SMILES string of the molecule is CNCC1CCCN1S(=O)(=O)c1cc([N+](=O)[O-])ccc1C. The molecule has 2 rings (SSSR count). The van der Waals surface area contributed by atoms with Crippen LogP contribution in [0.2, 0.25) is 0 Å². The third kappa shape index (κ3) is 3.07. The number of benzene rings is 1. The summed E-state index contributed by atoms with van der Waals surface area (Å²) in [6.45, 7) is 2.68. The fourth-order valence-electron chi connectivity index (χ4n) is 2.67. The Morgan fingerprint density at radius 3 is 2.81 bits per heavy atom. The molecule has 0 bridgehead atoms. The first-order valence-electron chi connectivity index (χ1n) is 6.79. The molecule has 0 saturated carbocycles. The number of aryl methyl sites for hydroxylation is 1. The minimum absolute atomic E-state index is 0.0275. The first-order valence-corrected chi connectivity index (χ1v) is 8.23. The smallest absolute Gasteiger partial charge is 0.270 e. The second-order valence-electron chi connectivity index (χ2n) is 5.18. The summed E-state index contributed by atoms with van der Waals surface area (Å²) >= 11 is 0. The monoisotopic (exact) mass is 313 g/mol. The molecule has 1 saturated heterocycles. The van der Waals surface area contributed by atoms with Gasteiger partial charge in [-0.25, -0.2) is 8.42 Å². The van der Waals surface area contributed by atoms with E-state index >= 15 is 0 Å². The van der Waals surface area contributed by atoms with E-state index in [1.807, 2.05) is 0 Å². The summed E-state index contributed by atoms with van der Waals surface area (Å²) in [6.07, 6.45) is 1.60. The zero-order chi connectivity index (χ0) is 15.6. The zero-order valence-corrected chi connectivity index (χ0v) is 12.9. The number of likely N-dealkylation sites (N-methyl/N-ethyl adjacent to an activating group) is 1. The van der Waals surface area contributed by atoms with E-state index in [1.165, 1.54) is 16.4 Å². The number of hydrogen-bond acceptors (Lipinski definition) is 5. The average molecular weight is 313 g/mol. The highest BCUT2D eigenvalue weighted by Crippen LogP contribution is 2.29. The lowest BCUT2D eigenvalue weighted by Crippen LogP contribution is -2.41. The Morgan fingerprint density at radius 1 is 1.48 bits per heavy atom. The highest BCUT2D eigenvalue weighted by Gasteiger charge is 2.36. The molecule has 21 heavy (non-hydrogen) atoms. The van der Waals surface area contributed by atoms with Crippen molar-refractivity contribution in [1.82, 2.24) is 9.62 Å². The minimum Gasteiger partial charge on any atom is -0.318 e. The molecule has 8 heteroatoms. The van der Waals surface area contributed by atoms with Crippen LogP contribution in [0.3, 0.4) is 0 Å². The quantitative estimate of drug-likeness (QED) is 0.653. The van der Waals surface area contributed by atoms with Crippen molar-refractivity contribution in [2.75, 3.05) is 20.1 Å². The maximum Gasteiger partial charge on any atom is 0.270 e. The molecular formula is C13H19N3O4S. The number of nitrogens with one attached hydrogen (secondary N) is 1. The first kappa shape index (κ1) is 15.9. The van der Waals surface area contributed by atoms with Gasteiger partial charge in [-0.15, -0.1) is 0 Å². The molecule has 1 fully saturated rings. The first-order chi connectivity index (χ1) is 9.87. The fourth-order valence-corrected chi connectivity index (χ4v) is 4.61. The van der Waals surface area contributed by atoms with Gasteiger partial charge in [0.05, 0.1) is 9.82 Å². The van der Waals surface area contributed by atoms with E-state index in [-0.39, 0.29) is 16.6 Å². The number of rotatable bonds is 5. The van der Waals surface area contributed by atoms with Crippen molar-refractivity contribution in [2.24, 2.45) is 0 Å². The summed E-state index contributed by atoms with van der Waals surface area (Å²) in [5.74, 6) is 0. The highest BCUT2D eigenvalue weighted by atomic mass is 32.2. The summed E-state index contributed by atoms with van der Waals surface area (Å²) in [6, 6.07) is 3.86. The molecule has 0 spiro atoms. The van der Waals surface area contributed by atoms with Crippen molar-refractivity contribution >= 4 is 15.7 Å². The zero-order valence-electron chi connectivity index (χ0n) is 12.1. The van der Waals surface area contributed by atoms with Crippen molar-refractivity contribution < 1.29 is 13.3 Å². The molecule has 1 aliphatic rings. The number of hydrogen-bond donors (Lipinski definition) is 1. The van der Waals surface area contributed by atoms with Crippen LogP contribution in [-0.4, -0.2) is 43.8 Å². The molecule has 0 radical (unpaired) electrons. The summed E-state index contributed by atoms with van der Waals surface area (Å²) in [4.78, 5) is 10.3. The molecule has 1 N–H and O–H groups in total. The topological polar surface area (TPSA) is 92.6 Å². The molecule has 1 heterocycles. The summed E-state index contributed by atoms with van der Waals surface area (Å²) in [5.41, 5.74) is 0.319. The van der Waals surface area contributed by atoms with Gasteiger partial charge in [0, 0.05) is 31.3 Å². The highest BCUT2D eigenvalue weighted by molar-refractivity contribution is 7.89. The van der Waals surface area contributed by atoms with Crippen molar-refractivity contribution in [3.05, 3.63) is 33.9 Å². The average Bonchev–Trinajstić information content (AvgIpc) is 2.88. The van der Waals surface area contributed by atoms with E-state index in [9.17, 15) is 18.5 Å². The summed E-state index contributed by atoms with van der Waals surface area (Å²) < 4.78 is 27.0. The predicted octanol–water partition coefficient (Wildman–Crippen LogP) is 1.28. The van der Waals surface area contributed by atoms with Gasteiger partial charge in [-0.1, -0.05) is 6.07 Å². The van der Waals surface area contributed by atoms with E-state index < -0.39 is 14.9 Å². The van der Waals surface area contributed by atoms with Crippen molar-refractivity contribution in [3.63, 3.8) is 0 Å². The maximum atomic E-state index is 12.8. The Balaban J connectivity index is 2.44. The van der Waals surface area contributed by atoms with Crippen LogP contribution in [0, 0.1) is 17.0 Å². The lowest BCUT2D eigenvalue weighted by atomic mass is 10.2. The number of nitrogens with zero attached hydrogens (tertiary/aromatic N) is 2. The molecule has 1 atom stereocenters. The van der Waals surface area contributed by atoms with Gasteiger partial charge in [-0.05, 0) is 32.4 Å². The van der Waals surface area contributed by atoms with E-state index in [2.05, 4.69) is 5.32 Å².